The maximum Gasteiger partial charge on any atom is 0.242 e. The van der Waals surface area contributed by atoms with Crippen molar-refractivity contribution < 1.29 is 4.79 Å². The molecule has 16 heavy (non-hydrogen) atoms. The van der Waals surface area contributed by atoms with Crippen LogP contribution in [0.4, 0.5) is 11.9 Å². The molecule has 0 bridgehead atoms. The molecule has 3 N–H and O–H groups in total. The minimum atomic E-state index is -0.341. The van der Waals surface area contributed by atoms with Crippen LogP contribution < -0.4 is 16.0 Å². The number of carbonyl (C=O) groups excluding carboxylic acids is 1. The highest BCUT2D eigenvalue weighted by atomic mass is 35.5. The molecule has 1 unspecified atom stereocenters. The lowest BCUT2D eigenvalue weighted by atomic mass is 10.2. The second-order valence-corrected chi connectivity index (χ2v) is 3.76. The number of anilines is 2. The van der Waals surface area contributed by atoms with E-state index >= 15 is 0 Å². The number of amides is 1. The van der Waals surface area contributed by atoms with E-state index in [1.54, 1.807) is 11.8 Å². The molecule has 0 aliphatic carbocycles. The van der Waals surface area contributed by atoms with Gasteiger partial charge in [-0.1, -0.05) is 0 Å². The lowest BCUT2D eigenvalue weighted by Crippen LogP contribution is -2.54. The second-order valence-electron chi connectivity index (χ2n) is 3.42. The first kappa shape index (κ1) is 10.9. The summed E-state index contributed by atoms with van der Waals surface area (Å²) < 4.78 is 0. The minimum Gasteiger partial charge on any atom is -0.368 e. The average molecular weight is 243 g/mol. The van der Waals surface area contributed by atoms with Crippen molar-refractivity contribution >= 4 is 29.4 Å². The molecule has 0 saturated carbocycles. The molecule has 1 aliphatic heterocycles. The average Bonchev–Trinajstić information content (AvgIpc) is 2.20. The van der Waals surface area contributed by atoms with E-state index in [0.29, 0.717) is 19.0 Å². The Morgan fingerprint density at radius 3 is 2.94 bits per heavy atom. The Hall–Kier alpha value is -1.63. The third-order valence-electron chi connectivity index (χ3n) is 2.37. The van der Waals surface area contributed by atoms with Gasteiger partial charge in [0.15, 0.2) is 0 Å². The van der Waals surface area contributed by atoms with Crippen LogP contribution in [0.1, 0.15) is 6.92 Å². The van der Waals surface area contributed by atoms with Crippen LogP contribution >= 0.6 is 11.6 Å². The number of nitrogens with zero attached hydrogens (tertiary/aromatic N) is 4. The van der Waals surface area contributed by atoms with E-state index in [1.165, 1.54) is 0 Å². The summed E-state index contributed by atoms with van der Waals surface area (Å²) in [6.45, 7) is 2.93. The predicted molar refractivity (Wildman–Crippen MR) is 59.1 cm³/mol. The Morgan fingerprint density at radius 1 is 1.50 bits per heavy atom. The number of nitrogens with one attached hydrogen (secondary N) is 1. The number of rotatable bonds is 1. The highest BCUT2D eigenvalue weighted by Crippen LogP contribution is 2.16. The van der Waals surface area contributed by atoms with Crippen molar-refractivity contribution in [2.24, 2.45) is 0 Å². The zero-order chi connectivity index (χ0) is 11.7. The van der Waals surface area contributed by atoms with Gasteiger partial charge in [0, 0.05) is 13.1 Å². The predicted octanol–water partition coefficient (Wildman–Crippen LogP) is -0.568. The number of hydrogen-bond donors (Lipinski definition) is 2. The minimum absolute atomic E-state index is 0.0284. The summed E-state index contributed by atoms with van der Waals surface area (Å²) in [6, 6.07) is -0.341. The fraction of sp³-hybridized carbons (Fsp3) is 0.500. The molecule has 86 valence electrons. The quantitative estimate of drug-likeness (QED) is 0.685. The van der Waals surface area contributed by atoms with Crippen LogP contribution in [-0.4, -0.2) is 40.0 Å². The van der Waals surface area contributed by atoms with Gasteiger partial charge in [0.25, 0.3) is 0 Å². The van der Waals surface area contributed by atoms with Crippen molar-refractivity contribution in [1.82, 2.24) is 20.3 Å². The first-order valence-corrected chi connectivity index (χ1v) is 5.17. The van der Waals surface area contributed by atoms with E-state index in [0.717, 1.165) is 0 Å². The fourth-order valence-corrected chi connectivity index (χ4v) is 1.70. The largest absolute Gasteiger partial charge is 0.368 e. The van der Waals surface area contributed by atoms with Gasteiger partial charge in [-0.25, -0.2) is 0 Å². The molecular weight excluding hydrogens is 232 g/mol. The third kappa shape index (κ3) is 1.99. The summed E-state index contributed by atoms with van der Waals surface area (Å²) >= 11 is 5.68. The standard InChI is InChI=1S/C8H11ClN6O/c1-4-5(16)11-2-3-15(4)8-13-6(9)12-7(10)14-8/h4H,2-3H2,1H3,(H,11,16)(H2,10,12,13,14). The number of halogens is 1. The van der Waals surface area contributed by atoms with Gasteiger partial charge in [0.1, 0.15) is 6.04 Å². The maximum atomic E-state index is 11.5. The summed E-state index contributed by atoms with van der Waals surface area (Å²) in [5.41, 5.74) is 5.47. The molecule has 1 aromatic rings. The smallest absolute Gasteiger partial charge is 0.242 e. The molecule has 2 rings (SSSR count). The van der Waals surface area contributed by atoms with Crippen molar-refractivity contribution in [3.05, 3.63) is 5.28 Å². The molecule has 7 nitrogen and oxygen atoms in total. The van der Waals surface area contributed by atoms with Crippen LogP contribution in [0, 0.1) is 0 Å². The summed E-state index contributed by atoms with van der Waals surface area (Å²) in [4.78, 5) is 24.8. The van der Waals surface area contributed by atoms with Crippen molar-refractivity contribution in [1.29, 1.82) is 0 Å². The van der Waals surface area contributed by atoms with Crippen molar-refractivity contribution in [3.8, 4) is 0 Å². The Labute approximate surface area is 97.0 Å². The first-order valence-electron chi connectivity index (χ1n) is 4.79. The molecule has 2 heterocycles. The Morgan fingerprint density at radius 2 is 2.25 bits per heavy atom. The van der Waals surface area contributed by atoms with Crippen LogP contribution in [0.25, 0.3) is 0 Å². The van der Waals surface area contributed by atoms with Gasteiger partial charge in [-0.05, 0) is 18.5 Å². The second kappa shape index (κ2) is 4.09. The normalized spacial score (nSPS) is 20.8. The molecule has 0 spiro atoms. The summed E-state index contributed by atoms with van der Waals surface area (Å²) in [7, 11) is 0. The monoisotopic (exact) mass is 242 g/mol. The van der Waals surface area contributed by atoms with E-state index < -0.39 is 0 Å². The van der Waals surface area contributed by atoms with Gasteiger partial charge in [-0.2, -0.15) is 15.0 Å². The molecule has 1 aromatic heterocycles. The van der Waals surface area contributed by atoms with Gasteiger partial charge in [-0.3, -0.25) is 4.79 Å². The lowest BCUT2D eigenvalue weighted by Gasteiger charge is -2.32. The highest BCUT2D eigenvalue weighted by Gasteiger charge is 2.27. The van der Waals surface area contributed by atoms with Gasteiger partial charge in [-0.15, -0.1) is 0 Å². The molecule has 1 fully saturated rings. The zero-order valence-electron chi connectivity index (χ0n) is 8.64. The summed E-state index contributed by atoms with van der Waals surface area (Å²) in [6.07, 6.45) is 0. The molecular formula is C8H11ClN6O. The van der Waals surface area contributed by atoms with E-state index in [2.05, 4.69) is 20.3 Å². The van der Waals surface area contributed by atoms with Crippen molar-refractivity contribution in [2.45, 2.75) is 13.0 Å². The summed E-state index contributed by atoms with van der Waals surface area (Å²) in [5, 5.41) is 2.77. The van der Waals surface area contributed by atoms with E-state index in [9.17, 15) is 4.79 Å². The molecule has 0 radical (unpaired) electrons. The first-order chi connectivity index (χ1) is 7.58. The lowest BCUT2D eigenvalue weighted by molar-refractivity contribution is -0.122. The van der Waals surface area contributed by atoms with E-state index in [4.69, 9.17) is 17.3 Å². The van der Waals surface area contributed by atoms with E-state index in [1.807, 2.05) is 0 Å². The topological polar surface area (TPSA) is 97.0 Å². The molecule has 1 aliphatic rings. The Balaban J connectivity index is 2.32. The number of piperazine rings is 1. The van der Waals surface area contributed by atoms with Crippen LogP contribution in [0.5, 0.6) is 0 Å². The highest BCUT2D eigenvalue weighted by molar-refractivity contribution is 6.28. The number of nitrogens with two attached hydrogens (primary N) is 1. The van der Waals surface area contributed by atoms with Crippen molar-refractivity contribution in [3.63, 3.8) is 0 Å². The number of nitrogen functional groups attached to an aromatic ring is 1. The molecule has 0 aromatic carbocycles. The van der Waals surface area contributed by atoms with Crippen molar-refractivity contribution in [2.75, 3.05) is 23.7 Å². The van der Waals surface area contributed by atoms with Crippen LogP contribution in [0.2, 0.25) is 5.28 Å². The molecule has 1 amide bonds. The Bertz CT molecular complexity index is 405. The fourth-order valence-electron chi connectivity index (χ4n) is 1.54. The summed E-state index contributed by atoms with van der Waals surface area (Å²) in [5.74, 6) is 0.314. The number of aromatic nitrogens is 3. The van der Waals surface area contributed by atoms with Gasteiger partial charge in [0.05, 0.1) is 0 Å². The van der Waals surface area contributed by atoms with Crippen LogP contribution in [-0.2, 0) is 4.79 Å². The molecule has 1 atom stereocenters. The zero-order valence-corrected chi connectivity index (χ0v) is 9.40. The van der Waals surface area contributed by atoms with Gasteiger partial charge < -0.3 is 16.0 Å². The molecule has 8 heteroatoms. The van der Waals surface area contributed by atoms with E-state index in [-0.39, 0.29) is 23.2 Å². The van der Waals surface area contributed by atoms with Crippen LogP contribution in [0.15, 0.2) is 0 Å². The Kier molecular flexibility index (Phi) is 2.78. The van der Waals surface area contributed by atoms with Gasteiger partial charge in [0.2, 0.25) is 23.1 Å². The maximum absolute atomic E-state index is 11.5. The third-order valence-corrected chi connectivity index (χ3v) is 2.54. The van der Waals surface area contributed by atoms with Gasteiger partial charge >= 0.3 is 0 Å². The van der Waals surface area contributed by atoms with Crippen LogP contribution in [0.3, 0.4) is 0 Å². The molecule has 1 saturated heterocycles. The SMILES string of the molecule is CC1C(=O)NCCN1c1nc(N)nc(Cl)n1. The number of carbonyl (C=O) groups is 1. The number of hydrogen-bond acceptors (Lipinski definition) is 6.